The minimum Gasteiger partial charge on any atom is -0.497 e. The smallest absolute Gasteiger partial charge is 0.233 e. The van der Waals surface area contributed by atoms with Gasteiger partial charge in [-0.3, -0.25) is 4.79 Å². The number of fused-ring (bicyclic) bond motifs is 1. The number of amides is 1. The van der Waals surface area contributed by atoms with Crippen molar-refractivity contribution in [2.75, 3.05) is 43.9 Å². The molecule has 7 heteroatoms. The first kappa shape index (κ1) is 20.6. The third-order valence-corrected chi connectivity index (χ3v) is 6.51. The van der Waals surface area contributed by atoms with Crippen LogP contribution in [0.5, 0.6) is 5.75 Å². The quantitative estimate of drug-likeness (QED) is 0.562. The Morgan fingerprint density at radius 1 is 1.07 bits per heavy atom. The summed E-state index contributed by atoms with van der Waals surface area (Å²) < 4.78 is 7.43. The Kier molecular flexibility index (Phi) is 6.47. The molecule has 2 heterocycles. The van der Waals surface area contributed by atoms with Crippen LogP contribution in [0, 0.1) is 0 Å². The zero-order chi connectivity index (χ0) is 20.9. The fourth-order valence-electron chi connectivity index (χ4n) is 3.90. The molecule has 0 N–H and O–H groups in total. The number of carbonyl (C=O) groups is 1. The summed E-state index contributed by atoms with van der Waals surface area (Å²) in [5.74, 6) is 1.47. The molecule has 3 aromatic rings. The average molecular weight is 425 g/mol. The predicted octanol–water partition coefficient (Wildman–Crippen LogP) is 3.90. The second-order valence-corrected chi connectivity index (χ2v) is 8.28. The first-order chi connectivity index (χ1) is 14.7. The molecule has 2 aromatic carbocycles. The summed E-state index contributed by atoms with van der Waals surface area (Å²) in [4.78, 5) is 22.0. The lowest BCUT2D eigenvalue weighted by molar-refractivity contribution is -0.128. The van der Waals surface area contributed by atoms with Gasteiger partial charge in [-0.15, -0.1) is 0 Å². The molecule has 158 valence electrons. The number of imidazole rings is 1. The Morgan fingerprint density at radius 3 is 2.63 bits per heavy atom. The molecule has 1 amide bonds. The summed E-state index contributed by atoms with van der Waals surface area (Å²) in [6, 6.07) is 16.3. The van der Waals surface area contributed by atoms with Crippen LogP contribution in [0.3, 0.4) is 0 Å². The summed E-state index contributed by atoms with van der Waals surface area (Å²) in [5.41, 5.74) is 3.29. The number of carbonyl (C=O) groups excluding carboxylic acids is 1. The zero-order valence-electron chi connectivity index (χ0n) is 17.6. The van der Waals surface area contributed by atoms with E-state index in [1.54, 1.807) is 18.9 Å². The lowest BCUT2D eigenvalue weighted by Crippen LogP contribution is -2.36. The number of para-hydroxylation sites is 2. The molecule has 1 aliphatic rings. The summed E-state index contributed by atoms with van der Waals surface area (Å²) in [6.45, 7) is 6.30. The molecule has 0 atom stereocenters. The molecule has 1 fully saturated rings. The summed E-state index contributed by atoms with van der Waals surface area (Å²) in [5, 5.41) is 0.918. The molecular weight excluding hydrogens is 396 g/mol. The van der Waals surface area contributed by atoms with E-state index >= 15 is 0 Å². The number of thioether (sulfide) groups is 1. The Balaban J connectivity index is 1.36. The van der Waals surface area contributed by atoms with Gasteiger partial charge < -0.3 is 19.1 Å². The molecule has 0 spiro atoms. The van der Waals surface area contributed by atoms with Crippen LogP contribution >= 0.6 is 11.8 Å². The number of aromatic nitrogens is 2. The Hall–Kier alpha value is -2.67. The van der Waals surface area contributed by atoms with E-state index in [9.17, 15) is 4.79 Å². The normalized spacial score (nSPS) is 14.7. The molecule has 30 heavy (non-hydrogen) atoms. The topological polar surface area (TPSA) is 50.6 Å². The van der Waals surface area contributed by atoms with Gasteiger partial charge >= 0.3 is 0 Å². The van der Waals surface area contributed by atoms with E-state index in [-0.39, 0.29) is 5.91 Å². The molecule has 1 aliphatic heterocycles. The third-order valence-electron chi connectivity index (χ3n) is 5.55. The SMILES string of the molecule is CCn1c(SCC(=O)N2CCCN(c3ccc(OC)cc3)CC2)nc2ccccc21. The lowest BCUT2D eigenvalue weighted by Gasteiger charge is -2.24. The van der Waals surface area contributed by atoms with Gasteiger partial charge in [0.25, 0.3) is 0 Å². The molecule has 4 rings (SSSR count). The number of ether oxygens (including phenoxy) is 1. The van der Waals surface area contributed by atoms with E-state index in [2.05, 4.69) is 34.6 Å². The van der Waals surface area contributed by atoms with Gasteiger partial charge in [0.2, 0.25) is 5.91 Å². The van der Waals surface area contributed by atoms with Crippen LogP contribution in [0.15, 0.2) is 53.7 Å². The van der Waals surface area contributed by atoms with E-state index in [0.717, 1.165) is 61.1 Å². The van der Waals surface area contributed by atoms with E-state index in [4.69, 9.17) is 9.72 Å². The number of rotatable bonds is 6. The van der Waals surface area contributed by atoms with Gasteiger partial charge in [0, 0.05) is 38.4 Å². The first-order valence-electron chi connectivity index (χ1n) is 10.4. The largest absolute Gasteiger partial charge is 0.497 e. The molecule has 0 bridgehead atoms. The van der Waals surface area contributed by atoms with Crippen molar-refractivity contribution in [3.63, 3.8) is 0 Å². The van der Waals surface area contributed by atoms with Crippen molar-refractivity contribution >= 4 is 34.4 Å². The van der Waals surface area contributed by atoms with Gasteiger partial charge in [-0.2, -0.15) is 0 Å². The number of aryl methyl sites for hydroxylation is 1. The maximum Gasteiger partial charge on any atom is 0.233 e. The number of nitrogens with zero attached hydrogens (tertiary/aromatic N) is 4. The Morgan fingerprint density at radius 2 is 1.87 bits per heavy atom. The number of anilines is 1. The van der Waals surface area contributed by atoms with Crippen molar-refractivity contribution in [1.29, 1.82) is 0 Å². The van der Waals surface area contributed by atoms with Crippen molar-refractivity contribution in [3.05, 3.63) is 48.5 Å². The van der Waals surface area contributed by atoms with Crippen molar-refractivity contribution in [2.24, 2.45) is 0 Å². The van der Waals surface area contributed by atoms with Gasteiger partial charge in [-0.25, -0.2) is 4.98 Å². The minimum atomic E-state index is 0.186. The van der Waals surface area contributed by atoms with Crippen LogP contribution in [0.1, 0.15) is 13.3 Å². The number of hydrogen-bond donors (Lipinski definition) is 0. The highest BCUT2D eigenvalue weighted by Crippen LogP contribution is 2.25. The number of methoxy groups -OCH3 is 1. The highest BCUT2D eigenvalue weighted by atomic mass is 32.2. The van der Waals surface area contributed by atoms with Crippen LogP contribution in [0.4, 0.5) is 5.69 Å². The Labute approximate surface area is 181 Å². The zero-order valence-corrected chi connectivity index (χ0v) is 18.4. The maximum absolute atomic E-state index is 12.9. The highest BCUT2D eigenvalue weighted by molar-refractivity contribution is 7.99. The summed E-state index contributed by atoms with van der Waals surface area (Å²) in [7, 11) is 1.68. The van der Waals surface area contributed by atoms with E-state index in [1.165, 1.54) is 5.69 Å². The second-order valence-electron chi connectivity index (χ2n) is 7.34. The number of hydrogen-bond acceptors (Lipinski definition) is 5. The van der Waals surface area contributed by atoms with Crippen LogP contribution in [0.25, 0.3) is 11.0 Å². The molecule has 0 saturated carbocycles. The molecule has 1 aromatic heterocycles. The lowest BCUT2D eigenvalue weighted by atomic mass is 10.2. The fraction of sp³-hybridized carbons (Fsp3) is 0.391. The summed E-state index contributed by atoms with van der Waals surface area (Å²) in [6.07, 6.45) is 0.968. The van der Waals surface area contributed by atoms with Crippen molar-refractivity contribution < 1.29 is 9.53 Å². The fourth-order valence-corrected chi connectivity index (χ4v) is 4.89. The standard InChI is InChI=1S/C23H28N4O2S/c1-3-27-21-8-5-4-7-20(21)24-23(27)30-17-22(28)26-14-6-13-25(15-16-26)18-9-11-19(29-2)12-10-18/h4-5,7-12H,3,6,13-17H2,1-2H3. The highest BCUT2D eigenvalue weighted by Gasteiger charge is 2.20. The molecular formula is C23H28N4O2S. The molecule has 1 saturated heterocycles. The molecule has 6 nitrogen and oxygen atoms in total. The molecule has 0 unspecified atom stereocenters. The monoisotopic (exact) mass is 424 g/mol. The minimum absolute atomic E-state index is 0.186. The summed E-state index contributed by atoms with van der Waals surface area (Å²) >= 11 is 1.54. The van der Waals surface area contributed by atoms with Crippen molar-refractivity contribution in [3.8, 4) is 5.75 Å². The van der Waals surface area contributed by atoms with Crippen LogP contribution in [-0.2, 0) is 11.3 Å². The third kappa shape index (κ3) is 4.41. The van der Waals surface area contributed by atoms with Crippen LogP contribution < -0.4 is 9.64 Å². The van der Waals surface area contributed by atoms with E-state index < -0.39 is 0 Å². The van der Waals surface area contributed by atoms with Crippen LogP contribution in [0.2, 0.25) is 0 Å². The molecule has 0 radical (unpaired) electrons. The first-order valence-corrected chi connectivity index (χ1v) is 11.4. The van der Waals surface area contributed by atoms with Crippen molar-refractivity contribution in [2.45, 2.75) is 25.0 Å². The number of benzene rings is 2. The van der Waals surface area contributed by atoms with Gasteiger partial charge in [-0.1, -0.05) is 23.9 Å². The van der Waals surface area contributed by atoms with Crippen LogP contribution in [-0.4, -0.2) is 59.4 Å². The van der Waals surface area contributed by atoms with Gasteiger partial charge in [0.05, 0.1) is 23.9 Å². The second kappa shape index (κ2) is 9.43. The van der Waals surface area contributed by atoms with Crippen molar-refractivity contribution in [1.82, 2.24) is 14.5 Å². The molecule has 0 aliphatic carbocycles. The predicted molar refractivity (Wildman–Crippen MR) is 123 cm³/mol. The Bertz CT molecular complexity index is 1000. The average Bonchev–Trinajstić information content (AvgIpc) is 2.96. The van der Waals surface area contributed by atoms with E-state index in [0.29, 0.717) is 5.75 Å². The van der Waals surface area contributed by atoms with Gasteiger partial charge in [-0.05, 0) is 49.7 Å². The van der Waals surface area contributed by atoms with E-state index in [1.807, 2.05) is 35.2 Å². The van der Waals surface area contributed by atoms with Gasteiger partial charge in [0.15, 0.2) is 5.16 Å². The maximum atomic E-state index is 12.9. The van der Waals surface area contributed by atoms with Gasteiger partial charge in [0.1, 0.15) is 5.75 Å².